The molecule has 1 heterocycles. The molecule has 5 aliphatic rings. The predicted octanol–water partition coefficient (Wildman–Crippen LogP) is 3.68. The Morgan fingerprint density at radius 2 is 1.65 bits per heavy atom. The van der Waals surface area contributed by atoms with Crippen molar-refractivity contribution >= 4 is 23.5 Å². The van der Waals surface area contributed by atoms with Gasteiger partial charge in [-0.2, -0.15) is 0 Å². The maximum Gasteiger partial charge on any atom is 0.329 e. The zero-order valence-electron chi connectivity index (χ0n) is 18.3. The summed E-state index contributed by atoms with van der Waals surface area (Å²) in [5.74, 6) is 1.43. The average molecular weight is 425 g/mol. The van der Waals surface area contributed by atoms with Crippen molar-refractivity contribution in [2.75, 3.05) is 18.5 Å². The number of hydrogen-bond acceptors (Lipinski definition) is 4. The minimum absolute atomic E-state index is 0.176. The first-order valence-electron chi connectivity index (χ1n) is 11.8. The smallest absolute Gasteiger partial charge is 0.329 e. The van der Waals surface area contributed by atoms with E-state index in [-0.39, 0.29) is 23.8 Å². The molecule has 1 aromatic rings. The second-order valence-corrected chi connectivity index (χ2v) is 10.4. The highest BCUT2D eigenvalue weighted by atomic mass is 16.5. The van der Waals surface area contributed by atoms with Gasteiger partial charge in [-0.15, -0.1) is 0 Å². The molecule has 4 bridgehead atoms. The van der Waals surface area contributed by atoms with E-state index >= 15 is 0 Å². The fraction of sp³-hybridized carbons (Fsp3) is 0.640. The van der Waals surface area contributed by atoms with Gasteiger partial charge in [-0.05, 0) is 88.2 Å². The molecule has 1 aromatic carbocycles. The molecule has 1 aliphatic heterocycles. The minimum Gasteiger partial charge on any atom is -0.454 e. The van der Waals surface area contributed by atoms with Crippen LogP contribution in [0, 0.1) is 30.1 Å². The van der Waals surface area contributed by atoms with Crippen LogP contribution in [0.25, 0.3) is 0 Å². The SMILES string of the molecule is Cc1ccc(NC(=O)COC(=O)[C@@H]2CCCN2C(=O)C23CC4CC(CC(C4)C2)C3)cc1. The highest BCUT2D eigenvalue weighted by Gasteiger charge is 2.57. The van der Waals surface area contributed by atoms with E-state index in [9.17, 15) is 14.4 Å². The summed E-state index contributed by atoms with van der Waals surface area (Å²) < 4.78 is 5.34. The molecule has 0 unspecified atom stereocenters. The molecule has 31 heavy (non-hydrogen) atoms. The van der Waals surface area contributed by atoms with Crippen molar-refractivity contribution in [3.8, 4) is 0 Å². The Labute approximate surface area is 183 Å². The molecule has 1 atom stereocenters. The monoisotopic (exact) mass is 424 g/mol. The molecule has 2 amide bonds. The number of ether oxygens (including phenoxy) is 1. The molecule has 6 heteroatoms. The van der Waals surface area contributed by atoms with Gasteiger partial charge in [0.25, 0.3) is 5.91 Å². The van der Waals surface area contributed by atoms with E-state index in [0.29, 0.717) is 36.4 Å². The Bertz CT molecular complexity index is 843. The highest BCUT2D eigenvalue weighted by molar-refractivity contribution is 5.94. The number of esters is 1. The van der Waals surface area contributed by atoms with E-state index < -0.39 is 12.0 Å². The van der Waals surface area contributed by atoms with Crippen LogP contribution in [0.4, 0.5) is 5.69 Å². The lowest BCUT2D eigenvalue weighted by Gasteiger charge is -2.56. The van der Waals surface area contributed by atoms with Gasteiger partial charge in [-0.25, -0.2) is 4.79 Å². The molecule has 4 aliphatic carbocycles. The summed E-state index contributed by atoms with van der Waals surface area (Å²) in [4.78, 5) is 40.4. The topological polar surface area (TPSA) is 75.7 Å². The first-order valence-corrected chi connectivity index (χ1v) is 11.8. The van der Waals surface area contributed by atoms with E-state index in [1.165, 1.54) is 19.3 Å². The summed E-state index contributed by atoms with van der Waals surface area (Å²) in [6.45, 7) is 2.27. The fourth-order valence-corrected chi connectivity index (χ4v) is 7.00. The van der Waals surface area contributed by atoms with Crippen molar-refractivity contribution in [3.05, 3.63) is 29.8 Å². The second kappa shape index (κ2) is 7.95. The Balaban J connectivity index is 1.19. The van der Waals surface area contributed by atoms with E-state index in [1.54, 1.807) is 4.90 Å². The van der Waals surface area contributed by atoms with E-state index in [2.05, 4.69) is 5.32 Å². The normalized spacial score (nSPS) is 33.4. The standard InChI is InChI=1S/C25H32N2O4/c1-16-4-6-20(7-5-16)26-22(28)15-31-23(29)21-3-2-8-27(21)24(30)25-12-17-9-18(13-25)11-19(10-17)14-25/h4-7,17-19,21H,2-3,8-15H2,1H3,(H,26,28)/t17?,18?,19?,21-,25?/m0/s1. The van der Waals surface area contributed by atoms with E-state index in [1.807, 2.05) is 31.2 Å². The van der Waals surface area contributed by atoms with Gasteiger partial charge in [0.1, 0.15) is 6.04 Å². The average Bonchev–Trinajstić information content (AvgIpc) is 3.22. The maximum absolute atomic E-state index is 13.7. The van der Waals surface area contributed by atoms with Gasteiger partial charge in [0.05, 0.1) is 5.41 Å². The summed E-state index contributed by atoms with van der Waals surface area (Å²) in [7, 11) is 0. The van der Waals surface area contributed by atoms with E-state index in [4.69, 9.17) is 4.74 Å². The predicted molar refractivity (Wildman–Crippen MR) is 116 cm³/mol. The minimum atomic E-state index is -0.548. The molecule has 0 spiro atoms. The van der Waals surface area contributed by atoms with Crippen LogP contribution in [0.15, 0.2) is 24.3 Å². The van der Waals surface area contributed by atoms with Gasteiger partial charge in [0.2, 0.25) is 5.91 Å². The molecule has 1 N–H and O–H groups in total. The van der Waals surface area contributed by atoms with Crippen molar-refractivity contribution < 1.29 is 19.1 Å². The van der Waals surface area contributed by atoms with Crippen LogP contribution >= 0.6 is 0 Å². The molecule has 5 fully saturated rings. The van der Waals surface area contributed by atoms with Crippen LogP contribution in [0.1, 0.15) is 56.9 Å². The van der Waals surface area contributed by atoms with E-state index in [0.717, 1.165) is 31.2 Å². The van der Waals surface area contributed by atoms with Gasteiger partial charge in [-0.1, -0.05) is 17.7 Å². The van der Waals surface area contributed by atoms with Crippen molar-refractivity contribution in [1.29, 1.82) is 0 Å². The molecule has 1 saturated heterocycles. The summed E-state index contributed by atoms with van der Waals surface area (Å²) in [6.07, 6.45) is 8.28. The molecular weight excluding hydrogens is 392 g/mol. The number of benzene rings is 1. The molecular formula is C25H32N2O4. The Kier molecular flexibility index (Phi) is 5.27. The lowest BCUT2D eigenvalue weighted by Crippen LogP contribution is -2.56. The Morgan fingerprint density at radius 1 is 1.03 bits per heavy atom. The summed E-state index contributed by atoms with van der Waals surface area (Å²) in [6, 6.07) is 6.91. The second-order valence-electron chi connectivity index (χ2n) is 10.4. The van der Waals surface area contributed by atoms with Crippen LogP contribution in [-0.4, -0.2) is 41.9 Å². The zero-order chi connectivity index (χ0) is 21.6. The summed E-state index contributed by atoms with van der Waals surface area (Å²) >= 11 is 0. The quantitative estimate of drug-likeness (QED) is 0.732. The first kappa shape index (κ1) is 20.5. The molecule has 6 nitrogen and oxygen atoms in total. The van der Waals surface area contributed by atoms with Gasteiger partial charge >= 0.3 is 5.97 Å². The zero-order valence-corrected chi connectivity index (χ0v) is 18.3. The van der Waals surface area contributed by atoms with Crippen LogP contribution < -0.4 is 5.32 Å². The molecule has 4 saturated carbocycles. The number of nitrogens with zero attached hydrogens (tertiary/aromatic N) is 1. The van der Waals surface area contributed by atoms with Crippen molar-refractivity contribution in [2.45, 2.75) is 64.3 Å². The number of amides is 2. The molecule has 0 radical (unpaired) electrons. The number of likely N-dealkylation sites (tertiary alicyclic amines) is 1. The third-order valence-electron chi connectivity index (χ3n) is 7.96. The maximum atomic E-state index is 13.7. The lowest BCUT2D eigenvalue weighted by atomic mass is 9.49. The number of rotatable bonds is 5. The van der Waals surface area contributed by atoms with Crippen molar-refractivity contribution in [1.82, 2.24) is 4.90 Å². The van der Waals surface area contributed by atoms with Crippen molar-refractivity contribution in [2.24, 2.45) is 23.2 Å². The Hall–Kier alpha value is -2.37. The number of carbonyl (C=O) groups is 3. The summed E-state index contributed by atoms with van der Waals surface area (Å²) in [5, 5.41) is 2.74. The number of aryl methyl sites for hydroxylation is 1. The largest absolute Gasteiger partial charge is 0.454 e. The number of hydrogen-bond donors (Lipinski definition) is 1. The lowest BCUT2D eigenvalue weighted by molar-refractivity contribution is -0.165. The van der Waals surface area contributed by atoms with Crippen LogP contribution in [-0.2, 0) is 19.1 Å². The highest BCUT2D eigenvalue weighted by Crippen LogP contribution is 2.60. The van der Waals surface area contributed by atoms with Gasteiger partial charge in [-0.3, -0.25) is 9.59 Å². The molecule has 166 valence electrons. The van der Waals surface area contributed by atoms with Crippen LogP contribution in [0.5, 0.6) is 0 Å². The first-order chi connectivity index (χ1) is 14.9. The van der Waals surface area contributed by atoms with Crippen LogP contribution in [0.3, 0.4) is 0 Å². The van der Waals surface area contributed by atoms with Crippen molar-refractivity contribution in [3.63, 3.8) is 0 Å². The third-order valence-corrected chi connectivity index (χ3v) is 7.96. The number of carbonyl (C=O) groups excluding carboxylic acids is 3. The third kappa shape index (κ3) is 3.97. The van der Waals surface area contributed by atoms with Gasteiger partial charge in [0.15, 0.2) is 6.61 Å². The van der Waals surface area contributed by atoms with Gasteiger partial charge < -0.3 is 15.0 Å². The molecule has 6 rings (SSSR count). The summed E-state index contributed by atoms with van der Waals surface area (Å²) in [5.41, 5.74) is 1.53. The Morgan fingerprint density at radius 3 is 2.26 bits per heavy atom. The van der Waals surface area contributed by atoms with Crippen LogP contribution in [0.2, 0.25) is 0 Å². The molecule has 0 aromatic heterocycles. The number of anilines is 1. The fourth-order valence-electron chi connectivity index (χ4n) is 7.00. The van der Waals surface area contributed by atoms with Gasteiger partial charge in [0, 0.05) is 12.2 Å². The number of nitrogens with one attached hydrogen (secondary N) is 1.